The molecule has 5 atom stereocenters. The molecular weight excluding hydrogens is 648 g/mol. The molecule has 2 aromatic carbocycles. The highest BCUT2D eigenvalue weighted by Crippen LogP contribution is 2.57. The lowest BCUT2D eigenvalue weighted by molar-refractivity contribution is -0.348. The number of sulfone groups is 1. The monoisotopic (exact) mass is 678 g/mol. The van der Waals surface area contributed by atoms with Crippen LogP contribution in [0.5, 0.6) is 0 Å². The van der Waals surface area contributed by atoms with Crippen LogP contribution < -0.4 is 0 Å². The van der Waals surface area contributed by atoms with Crippen LogP contribution in [0.4, 0.5) is 35.1 Å². The first-order valence-corrected chi connectivity index (χ1v) is 16.4. The number of aryl methyl sites for hydroxylation is 1. The number of alkyl halides is 7. The molecule has 0 saturated carbocycles. The molecule has 3 saturated heterocycles. The number of benzene rings is 2. The average Bonchev–Trinajstić information content (AvgIpc) is 3.51. The van der Waals surface area contributed by atoms with E-state index in [1.165, 1.54) is 11.8 Å². The summed E-state index contributed by atoms with van der Waals surface area (Å²) in [6, 6.07) is 4.02. The van der Waals surface area contributed by atoms with Gasteiger partial charge in [-0.3, -0.25) is 9.59 Å². The molecule has 0 aromatic heterocycles. The Balaban J connectivity index is 1.45. The Kier molecular flexibility index (Phi) is 7.57. The van der Waals surface area contributed by atoms with Gasteiger partial charge in [-0.05, 0) is 80.3 Å². The van der Waals surface area contributed by atoms with E-state index in [9.17, 15) is 48.7 Å². The van der Waals surface area contributed by atoms with E-state index >= 15 is 4.39 Å². The van der Waals surface area contributed by atoms with Crippen LogP contribution in [0, 0.1) is 11.7 Å². The molecule has 3 aliphatic heterocycles. The molecule has 6 nitrogen and oxygen atoms in total. The van der Waals surface area contributed by atoms with Crippen LogP contribution in [0.1, 0.15) is 62.1 Å². The summed E-state index contributed by atoms with van der Waals surface area (Å²) in [7, 11) is -4.57. The van der Waals surface area contributed by atoms with Crippen molar-refractivity contribution in [3.8, 4) is 0 Å². The van der Waals surface area contributed by atoms with Gasteiger partial charge in [0.15, 0.2) is 9.84 Å². The highest BCUT2D eigenvalue weighted by molar-refractivity contribution is 7.92. The number of piperidine rings is 1. The van der Waals surface area contributed by atoms with E-state index in [0.29, 0.717) is 25.0 Å². The first-order valence-electron chi connectivity index (χ1n) is 14.9. The molecule has 46 heavy (non-hydrogen) atoms. The van der Waals surface area contributed by atoms with Crippen LogP contribution in [-0.4, -0.2) is 67.1 Å². The van der Waals surface area contributed by atoms with Gasteiger partial charge in [-0.2, -0.15) is 26.3 Å². The summed E-state index contributed by atoms with van der Waals surface area (Å²) in [4.78, 5) is 29.2. The number of hydrogen-bond donors (Lipinski definition) is 0. The van der Waals surface area contributed by atoms with E-state index in [1.807, 2.05) is 0 Å². The third kappa shape index (κ3) is 4.57. The Labute approximate surface area is 259 Å². The van der Waals surface area contributed by atoms with Gasteiger partial charge in [-0.15, -0.1) is 0 Å². The number of fused-ring (bicyclic) bond motifs is 5. The van der Waals surface area contributed by atoms with E-state index in [-0.39, 0.29) is 65.7 Å². The van der Waals surface area contributed by atoms with Gasteiger partial charge >= 0.3 is 18.0 Å². The second-order valence-corrected chi connectivity index (χ2v) is 14.9. The van der Waals surface area contributed by atoms with Gasteiger partial charge in [0.1, 0.15) is 10.6 Å². The predicted octanol–water partition coefficient (Wildman–Crippen LogP) is 6.12. The minimum absolute atomic E-state index is 0.0779. The first kappa shape index (κ1) is 32.7. The molecule has 0 spiro atoms. The molecule has 0 N–H and O–H groups in total. The number of carbonyl (C=O) groups excluding carboxylic acids is 2. The first-order chi connectivity index (χ1) is 21.3. The normalized spacial score (nSPS) is 28.2. The van der Waals surface area contributed by atoms with Crippen LogP contribution in [0.15, 0.2) is 47.4 Å². The molecule has 0 radical (unpaired) electrons. The zero-order chi connectivity index (χ0) is 33.6. The minimum atomic E-state index is -6.36. The molecule has 3 fully saturated rings. The summed E-state index contributed by atoms with van der Waals surface area (Å²) in [5.74, 6) is -1.69. The maximum absolute atomic E-state index is 15.0. The number of likely N-dealkylation sites (tertiary alicyclic amines) is 1. The Morgan fingerprint density at radius 1 is 0.870 bits per heavy atom. The fourth-order valence-electron chi connectivity index (χ4n) is 8.45. The fraction of sp³-hybridized carbons (Fsp3) is 0.548. The topological polar surface area (TPSA) is 74.8 Å². The quantitative estimate of drug-likeness (QED) is 0.289. The maximum Gasteiger partial charge on any atom is 0.435 e. The molecule has 0 unspecified atom stereocenters. The number of halogens is 8. The number of amides is 2. The largest absolute Gasteiger partial charge is 0.435 e. The van der Waals surface area contributed by atoms with Gasteiger partial charge < -0.3 is 9.80 Å². The van der Waals surface area contributed by atoms with Crippen LogP contribution in [0.3, 0.4) is 0 Å². The van der Waals surface area contributed by atoms with Gasteiger partial charge in [-0.25, -0.2) is 17.2 Å². The molecule has 2 aromatic rings. The number of nitrogens with zero attached hydrogens (tertiary/aromatic N) is 2. The number of carbonyl (C=O) groups is 2. The lowest BCUT2D eigenvalue weighted by atomic mass is 9.76. The zero-order valence-corrected chi connectivity index (χ0v) is 25.3. The molecule has 250 valence electrons. The van der Waals surface area contributed by atoms with Gasteiger partial charge in [-0.1, -0.05) is 18.2 Å². The molecule has 4 aliphatic rings. The van der Waals surface area contributed by atoms with Crippen LogP contribution in [0.2, 0.25) is 0 Å². The van der Waals surface area contributed by atoms with E-state index in [2.05, 4.69) is 0 Å². The summed E-state index contributed by atoms with van der Waals surface area (Å²) < 4.78 is 137. The van der Waals surface area contributed by atoms with Crippen molar-refractivity contribution >= 4 is 21.7 Å². The van der Waals surface area contributed by atoms with E-state index in [0.717, 1.165) is 43.2 Å². The van der Waals surface area contributed by atoms with Crippen molar-refractivity contribution in [2.75, 3.05) is 6.54 Å². The van der Waals surface area contributed by atoms with Gasteiger partial charge in [0.25, 0.3) is 0 Å². The molecular formula is C31H30F8N2O4S. The number of rotatable bonds is 4. The fourth-order valence-corrected chi connectivity index (χ4v) is 10.8. The summed E-state index contributed by atoms with van der Waals surface area (Å²) in [6.07, 6.45) is -11.1. The standard InChI is InChI=1S/C31H30F8N2O4S/c1-17(42)41-22-6-7-23(41)16-19(15-22)27(43)40-13-12-28(46(44,45)24-8-4-21(32)5-9-24)25-10-3-20(14-18(25)2-11-26(28)40)29(33,30(34,35)36)31(37,38)39/h3-5,8-10,14,19,22-23,26H,2,6-7,11-13,15-16H2,1H3/t19-,22-,23+,26-,28-/m0/s1. The summed E-state index contributed by atoms with van der Waals surface area (Å²) in [5, 5.41) is 0. The van der Waals surface area contributed by atoms with Crippen molar-refractivity contribution in [1.29, 1.82) is 0 Å². The Morgan fingerprint density at radius 2 is 1.46 bits per heavy atom. The summed E-state index contributed by atoms with van der Waals surface area (Å²) >= 11 is 0. The predicted molar refractivity (Wildman–Crippen MR) is 147 cm³/mol. The van der Waals surface area contributed by atoms with Crippen molar-refractivity contribution in [2.45, 2.75) is 97.7 Å². The molecule has 1 aliphatic carbocycles. The van der Waals surface area contributed by atoms with Crippen molar-refractivity contribution in [1.82, 2.24) is 9.80 Å². The smallest absolute Gasteiger partial charge is 0.337 e. The van der Waals surface area contributed by atoms with Gasteiger partial charge in [0.2, 0.25) is 11.8 Å². The van der Waals surface area contributed by atoms with Crippen molar-refractivity contribution in [3.05, 3.63) is 65.0 Å². The lowest BCUT2D eigenvalue weighted by Gasteiger charge is -2.44. The van der Waals surface area contributed by atoms with Crippen molar-refractivity contribution in [2.24, 2.45) is 5.92 Å². The van der Waals surface area contributed by atoms with Crippen LogP contribution in [0.25, 0.3) is 0 Å². The molecule has 2 amide bonds. The SMILES string of the molecule is CC(=O)N1[C@@H]2CC[C@H]1C[C@H](C(=O)N1CC[C@]3(S(=O)(=O)c4ccc(F)cc4)c4ccc(C(F)(C(F)(F)F)C(F)(F)F)cc4CC[C@H]13)C2. The van der Waals surface area contributed by atoms with Crippen LogP contribution in [-0.2, 0) is 36.3 Å². The second-order valence-electron chi connectivity index (χ2n) is 12.7. The molecule has 2 bridgehead atoms. The Hall–Kier alpha value is -3.23. The van der Waals surface area contributed by atoms with E-state index in [1.54, 1.807) is 4.90 Å². The van der Waals surface area contributed by atoms with Gasteiger partial charge in [0.05, 0.1) is 10.9 Å². The summed E-state index contributed by atoms with van der Waals surface area (Å²) in [6.45, 7) is 1.38. The Bertz CT molecular complexity index is 1650. The lowest BCUT2D eigenvalue weighted by Crippen LogP contribution is -2.55. The molecule has 6 rings (SSSR count). The summed E-state index contributed by atoms with van der Waals surface area (Å²) in [5.41, 5.74) is -7.76. The van der Waals surface area contributed by atoms with Crippen molar-refractivity contribution in [3.63, 3.8) is 0 Å². The second kappa shape index (κ2) is 10.6. The molecule has 3 heterocycles. The number of hydrogen-bond acceptors (Lipinski definition) is 4. The third-order valence-corrected chi connectivity index (χ3v) is 12.9. The molecule has 15 heteroatoms. The Morgan fingerprint density at radius 3 is 2.00 bits per heavy atom. The average molecular weight is 679 g/mol. The van der Waals surface area contributed by atoms with E-state index in [4.69, 9.17) is 0 Å². The van der Waals surface area contributed by atoms with Crippen LogP contribution >= 0.6 is 0 Å². The maximum atomic E-state index is 15.0. The highest BCUT2D eigenvalue weighted by atomic mass is 32.2. The third-order valence-electron chi connectivity index (χ3n) is 10.4. The van der Waals surface area contributed by atoms with E-state index < -0.39 is 55.9 Å². The minimum Gasteiger partial charge on any atom is -0.337 e. The highest BCUT2D eigenvalue weighted by Gasteiger charge is 2.74. The zero-order valence-electron chi connectivity index (χ0n) is 24.5. The van der Waals surface area contributed by atoms with Crippen molar-refractivity contribution < 1.29 is 53.1 Å². The van der Waals surface area contributed by atoms with Gasteiger partial charge in [0, 0.05) is 37.0 Å².